The van der Waals surface area contributed by atoms with Crippen molar-refractivity contribution in [1.82, 2.24) is 9.62 Å². The number of benzene rings is 2. The molecule has 0 radical (unpaired) electrons. The van der Waals surface area contributed by atoms with Crippen molar-refractivity contribution in [1.29, 1.82) is 0 Å². The minimum atomic E-state index is -4.09. The fraction of sp³-hybridized carbons (Fsp3) is 0.364. The summed E-state index contributed by atoms with van der Waals surface area (Å²) in [6.07, 6.45) is 0.494. The Bertz CT molecular complexity index is 1120. The highest BCUT2D eigenvalue weighted by atomic mass is 35.5. The molecule has 1 fully saturated rings. The smallest absolute Gasteiger partial charge is 0.326 e. The van der Waals surface area contributed by atoms with E-state index in [9.17, 15) is 23.1 Å². The lowest BCUT2D eigenvalue weighted by molar-refractivity contribution is -0.142. The van der Waals surface area contributed by atoms with Crippen molar-refractivity contribution in [2.45, 2.75) is 43.3 Å². The fourth-order valence-electron chi connectivity index (χ4n) is 3.89. The first-order valence-electron chi connectivity index (χ1n) is 10.3. The minimum Gasteiger partial charge on any atom is -0.480 e. The molecule has 1 aliphatic rings. The molecule has 0 bridgehead atoms. The van der Waals surface area contributed by atoms with Crippen LogP contribution in [-0.4, -0.2) is 48.3 Å². The van der Waals surface area contributed by atoms with Crippen molar-refractivity contribution in [2.75, 3.05) is 6.54 Å². The maximum absolute atomic E-state index is 13.3. The number of nitrogens with two attached hydrogens (primary N) is 1. The maximum Gasteiger partial charge on any atom is 0.326 e. The van der Waals surface area contributed by atoms with E-state index in [4.69, 9.17) is 28.9 Å². The molecule has 3 rings (SSSR count). The summed E-state index contributed by atoms with van der Waals surface area (Å²) < 4.78 is 27.6. The predicted octanol–water partition coefficient (Wildman–Crippen LogP) is 2.66. The number of halogens is 2. The highest BCUT2D eigenvalue weighted by molar-refractivity contribution is 7.89. The van der Waals surface area contributed by atoms with Gasteiger partial charge in [-0.2, -0.15) is 4.31 Å². The molecule has 8 nitrogen and oxygen atoms in total. The van der Waals surface area contributed by atoms with Crippen LogP contribution >= 0.6 is 23.2 Å². The SMILES string of the molecule is C[C@@H]1CCN(S(=O)(=O)c2cc(Cl)cc(Cl)c2)C1C(=O)NC(Cc1ccc(CN)cc1)C(=O)O. The molecule has 2 aromatic rings. The van der Waals surface area contributed by atoms with Crippen molar-refractivity contribution >= 4 is 45.1 Å². The second-order valence-corrected chi connectivity index (χ2v) is 10.8. The van der Waals surface area contributed by atoms with E-state index in [1.807, 2.05) is 0 Å². The van der Waals surface area contributed by atoms with Crippen molar-refractivity contribution in [3.05, 3.63) is 63.6 Å². The third-order valence-corrected chi connectivity index (χ3v) is 7.97. The van der Waals surface area contributed by atoms with E-state index in [1.54, 1.807) is 31.2 Å². The number of aliphatic carboxylic acids is 1. The number of hydrogen-bond acceptors (Lipinski definition) is 5. The fourth-order valence-corrected chi connectivity index (χ4v) is 6.31. The normalized spacial score (nSPS) is 19.9. The lowest BCUT2D eigenvalue weighted by Crippen LogP contribution is -2.53. The van der Waals surface area contributed by atoms with Gasteiger partial charge in [0.1, 0.15) is 12.1 Å². The van der Waals surface area contributed by atoms with E-state index >= 15 is 0 Å². The summed E-state index contributed by atoms with van der Waals surface area (Å²) in [5.41, 5.74) is 7.19. The van der Waals surface area contributed by atoms with Crippen LogP contribution in [0, 0.1) is 5.92 Å². The van der Waals surface area contributed by atoms with Crippen LogP contribution in [0.2, 0.25) is 10.0 Å². The van der Waals surface area contributed by atoms with Gasteiger partial charge in [-0.3, -0.25) is 4.79 Å². The Morgan fingerprint density at radius 1 is 1.15 bits per heavy atom. The first-order chi connectivity index (χ1) is 15.5. The molecule has 2 unspecified atom stereocenters. The number of carboxylic acid groups (broad SMARTS) is 1. The quantitative estimate of drug-likeness (QED) is 0.497. The number of carbonyl (C=O) groups is 2. The largest absolute Gasteiger partial charge is 0.480 e. The highest BCUT2D eigenvalue weighted by Crippen LogP contribution is 2.32. The molecule has 1 heterocycles. The van der Waals surface area contributed by atoms with E-state index in [2.05, 4.69) is 5.32 Å². The van der Waals surface area contributed by atoms with Crippen LogP contribution in [0.3, 0.4) is 0 Å². The van der Waals surface area contributed by atoms with Crippen LogP contribution in [0.15, 0.2) is 47.4 Å². The number of hydrogen-bond donors (Lipinski definition) is 3. The average Bonchev–Trinajstić information content (AvgIpc) is 3.15. The van der Waals surface area contributed by atoms with Crippen LogP contribution < -0.4 is 11.1 Å². The van der Waals surface area contributed by atoms with Crippen LogP contribution in [0.25, 0.3) is 0 Å². The molecule has 4 N–H and O–H groups in total. The number of rotatable bonds is 8. The molecule has 11 heteroatoms. The summed E-state index contributed by atoms with van der Waals surface area (Å²) in [4.78, 5) is 24.8. The Morgan fingerprint density at radius 3 is 2.27 bits per heavy atom. The Kier molecular flexibility index (Phi) is 8.02. The third-order valence-electron chi connectivity index (χ3n) is 5.68. The molecule has 1 saturated heterocycles. The number of carboxylic acids is 1. The van der Waals surface area contributed by atoms with Gasteiger partial charge in [0, 0.05) is 29.6 Å². The Balaban J connectivity index is 1.82. The Morgan fingerprint density at radius 2 is 1.73 bits per heavy atom. The average molecular weight is 514 g/mol. The molecule has 0 saturated carbocycles. The summed E-state index contributed by atoms with van der Waals surface area (Å²) in [6, 6.07) is 8.76. The molecule has 0 spiro atoms. The van der Waals surface area contributed by atoms with Gasteiger partial charge in [-0.05, 0) is 41.7 Å². The predicted molar refractivity (Wildman–Crippen MR) is 126 cm³/mol. The lowest BCUT2D eigenvalue weighted by Gasteiger charge is -2.27. The molecule has 1 amide bonds. The monoisotopic (exact) mass is 513 g/mol. The lowest BCUT2D eigenvalue weighted by atomic mass is 10.0. The van der Waals surface area contributed by atoms with Crippen LogP contribution in [0.4, 0.5) is 0 Å². The Labute approximate surface area is 202 Å². The van der Waals surface area contributed by atoms with Gasteiger partial charge in [0.25, 0.3) is 0 Å². The van der Waals surface area contributed by atoms with Crippen LogP contribution in [0.1, 0.15) is 24.5 Å². The number of carbonyl (C=O) groups excluding carboxylic acids is 1. The van der Waals surface area contributed by atoms with E-state index in [-0.39, 0.29) is 33.8 Å². The van der Waals surface area contributed by atoms with Gasteiger partial charge in [-0.1, -0.05) is 54.4 Å². The number of amides is 1. The second-order valence-electron chi connectivity index (χ2n) is 8.06. The highest BCUT2D eigenvalue weighted by Gasteiger charge is 2.44. The summed E-state index contributed by atoms with van der Waals surface area (Å²) in [5, 5.41) is 12.5. The number of sulfonamides is 1. The van der Waals surface area contributed by atoms with Gasteiger partial charge in [-0.25, -0.2) is 13.2 Å². The molecule has 178 valence electrons. The number of nitrogens with one attached hydrogen (secondary N) is 1. The van der Waals surface area contributed by atoms with Crippen LogP contribution in [0.5, 0.6) is 0 Å². The topological polar surface area (TPSA) is 130 Å². The van der Waals surface area contributed by atoms with E-state index in [0.717, 1.165) is 9.87 Å². The molecule has 0 aliphatic carbocycles. The molecule has 0 aromatic heterocycles. The molecular weight excluding hydrogens is 489 g/mol. The molecular formula is C22H25Cl2N3O5S. The van der Waals surface area contributed by atoms with E-state index in [0.29, 0.717) is 18.5 Å². The number of nitrogens with zero attached hydrogens (tertiary/aromatic N) is 1. The summed E-state index contributed by atoms with van der Waals surface area (Å²) >= 11 is 11.9. The first-order valence-corrected chi connectivity index (χ1v) is 12.5. The van der Waals surface area contributed by atoms with Crippen molar-refractivity contribution < 1.29 is 23.1 Å². The van der Waals surface area contributed by atoms with Crippen molar-refractivity contribution in [2.24, 2.45) is 11.7 Å². The second kappa shape index (κ2) is 10.4. The van der Waals surface area contributed by atoms with Gasteiger partial charge in [-0.15, -0.1) is 0 Å². The molecule has 33 heavy (non-hydrogen) atoms. The van der Waals surface area contributed by atoms with Gasteiger partial charge < -0.3 is 16.2 Å². The molecule has 2 aromatic carbocycles. The first kappa shape index (κ1) is 25.5. The van der Waals surface area contributed by atoms with Gasteiger partial charge in [0.2, 0.25) is 15.9 Å². The zero-order chi connectivity index (χ0) is 24.3. The summed E-state index contributed by atoms with van der Waals surface area (Å²) in [5.74, 6) is -2.19. The zero-order valence-corrected chi connectivity index (χ0v) is 20.2. The van der Waals surface area contributed by atoms with Crippen molar-refractivity contribution in [3.63, 3.8) is 0 Å². The zero-order valence-electron chi connectivity index (χ0n) is 17.9. The van der Waals surface area contributed by atoms with Gasteiger partial charge in [0.05, 0.1) is 4.90 Å². The minimum absolute atomic E-state index is 0.0453. The summed E-state index contributed by atoms with van der Waals surface area (Å²) in [7, 11) is -4.09. The summed E-state index contributed by atoms with van der Waals surface area (Å²) in [6.45, 7) is 2.23. The van der Waals surface area contributed by atoms with Gasteiger partial charge >= 0.3 is 5.97 Å². The third kappa shape index (κ3) is 5.85. The van der Waals surface area contributed by atoms with E-state index < -0.39 is 34.0 Å². The maximum atomic E-state index is 13.3. The van der Waals surface area contributed by atoms with Crippen LogP contribution in [-0.2, 0) is 32.6 Å². The van der Waals surface area contributed by atoms with Gasteiger partial charge in [0.15, 0.2) is 0 Å². The molecule has 3 atom stereocenters. The van der Waals surface area contributed by atoms with E-state index in [1.165, 1.54) is 18.2 Å². The Hall–Kier alpha value is -2.17. The standard InChI is InChI=1S/C22H25Cl2N3O5S/c1-13-6-7-27(33(31,32)18-10-16(23)9-17(24)11-18)20(13)21(28)26-19(22(29)30)8-14-2-4-15(12-25)5-3-14/h2-5,9-11,13,19-20H,6-8,12,25H2,1H3,(H,26,28)(H,29,30)/t13-,19?,20?/m1/s1. The molecule has 1 aliphatic heterocycles. The van der Waals surface area contributed by atoms with Crippen molar-refractivity contribution in [3.8, 4) is 0 Å².